The van der Waals surface area contributed by atoms with Gasteiger partial charge in [0.25, 0.3) is 0 Å². The minimum absolute atomic E-state index is 0.228. The SMILES string of the molecule is CCc1c(I)c(-c2ccc(F)cc2)nn1COCC[Si](C)(C)C.O=C=O. The van der Waals surface area contributed by atoms with Gasteiger partial charge >= 0.3 is 6.15 Å². The summed E-state index contributed by atoms with van der Waals surface area (Å²) in [5.41, 5.74) is 3.00. The van der Waals surface area contributed by atoms with Crippen molar-refractivity contribution in [3.63, 3.8) is 0 Å². The summed E-state index contributed by atoms with van der Waals surface area (Å²) in [6.45, 7) is 10.4. The maximum atomic E-state index is 13.1. The van der Waals surface area contributed by atoms with Crippen molar-refractivity contribution in [1.29, 1.82) is 0 Å². The van der Waals surface area contributed by atoms with Crippen molar-refractivity contribution in [3.8, 4) is 11.3 Å². The van der Waals surface area contributed by atoms with Gasteiger partial charge in [0.2, 0.25) is 0 Å². The molecule has 0 N–H and O–H groups in total. The maximum absolute atomic E-state index is 13.1. The Balaban J connectivity index is 0.00000105. The van der Waals surface area contributed by atoms with Crippen LogP contribution in [0.5, 0.6) is 0 Å². The van der Waals surface area contributed by atoms with Gasteiger partial charge in [0, 0.05) is 20.2 Å². The van der Waals surface area contributed by atoms with Gasteiger partial charge in [-0.1, -0.05) is 26.6 Å². The first kappa shape index (κ1) is 22.7. The van der Waals surface area contributed by atoms with E-state index in [0.717, 1.165) is 39.6 Å². The third kappa shape index (κ3) is 7.11. The molecule has 1 aromatic heterocycles. The van der Waals surface area contributed by atoms with Crippen molar-refractivity contribution in [2.24, 2.45) is 0 Å². The lowest BCUT2D eigenvalue weighted by atomic mass is 10.1. The molecule has 26 heavy (non-hydrogen) atoms. The van der Waals surface area contributed by atoms with E-state index < -0.39 is 8.07 Å². The van der Waals surface area contributed by atoms with Gasteiger partial charge in [-0.05, 0) is 59.3 Å². The second-order valence-corrected chi connectivity index (χ2v) is 13.6. The topological polar surface area (TPSA) is 61.2 Å². The minimum Gasteiger partial charge on any atom is -0.360 e. The van der Waals surface area contributed by atoms with E-state index in [4.69, 9.17) is 14.3 Å². The van der Waals surface area contributed by atoms with E-state index in [-0.39, 0.29) is 12.0 Å². The summed E-state index contributed by atoms with van der Waals surface area (Å²) in [5.74, 6) is -0.228. The van der Waals surface area contributed by atoms with Crippen LogP contribution in [-0.4, -0.2) is 30.6 Å². The Labute approximate surface area is 168 Å². The molecule has 5 nitrogen and oxygen atoms in total. The van der Waals surface area contributed by atoms with Crippen LogP contribution in [0.4, 0.5) is 4.39 Å². The predicted octanol–water partition coefficient (Wildman–Crippen LogP) is 4.59. The zero-order chi connectivity index (χ0) is 19.7. The van der Waals surface area contributed by atoms with Crippen LogP contribution in [0, 0.1) is 9.39 Å². The highest BCUT2D eigenvalue weighted by Crippen LogP contribution is 2.27. The zero-order valence-electron chi connectivity index (χ0n) is 15.5. The van der Waals surface area contributed by atoms with Gasteiger partial charge in [0.1, 0.15) is 18.2 Å². The summed E-state index contributed by atoms with van der Waals surface area (Å²) in [6.07, 6.45) is 1.14. The molecule has 1 aromatic carbocycles. The monoisotopic (exact) mass is 490 g/mol. The number of rotatable bonds is 7. The van der Waals surface area contributed by atoms with Crippen LogP contribution < -0.4 is 0 Å². The van der Waals surface area contributed by atoms with E-state index in [9.17, 15) is 4.39 Å². The third-order valence-corrected chi connectivity index (χ3v) is 6.49. The summed E-state index contributed by atoms with van der Waals surface area (Å²) in [7, 11) is -1.07. The first-order valence-corrected chi connectivity index (χ1v) is 13.1. The van der Waals surface area contributed by atoms with E-state index in [2.05, 4.69) is 54.3 Å². The molecule has 2 aromatic rings. The molecule has 2 rings (SSSR count). The molecule has 0 bridgehead atoms. The highest BCUT2D eigenvalue weighted by Gasteiger charge is 2.17. The first-order chi connectivity index (χ1) is 12.2. The van der Waals surface area contributed by atoms with Gasteiger partial charge in [-0.15, -0.1) is 0 Å². The molecule has 0 amide bonds. The Morgan fingerprint density at radius 1 is 1.23 bits per heavy atom. The number of hydrogen-bond acceptors (Lipinski definition) is 4. The summed E-state index contributed by atoms with van der Waals surface area (Å²) < 4.78 is 22.0. The van der Waals surface area contributed by atoms with Crippen LogP contribution in [0.3, 0.4) is 0 Å². The van der Waals surface area contributed by atoms with Crippen molar-refractivity contribution < 1.29 is 18.7 Å². The molecule has 0 spiro atoms. The molecular formula is C18H24FIN2O3Si. The largest absolute Gasteiger partial charge is 0.373 e. The molecule has 8 heteroatoms. The molecule has 142 valence electrons. The maximum Gasteiger partial charge on any atom is 0.373 e. The fraction of sp³-hybridized carbons (Fsp3) is 0.444. The Morgan fingerprint density at radius 3 is 2.31 bits per heavy atom. The number of benzene rings is 1. The van der Waals surface area contributed by atoms with Crippen LogP contribution >= 0.6 is 22.6 Å². The Hall–Kier alpha value is -1.35. The molecule has 1 heterocycles. The first-order valence-electron chi connectivity index (χ1n) is 8.31. The van der Waals surface area contributed by atoms with E-state index in [1.54, 1.807) is 12.1 Å². The fourth-order valence-electron chi connectivity index (χ4n) is 2.24. The number of hydrogen-bond donors (Lipinski definition) is 0. The molecule has 0 aliphatic rings. The van der Waals surface area contributed by atoms with E-state index >= 15 is 0 Å². The average Bonchev–Trinajstić information content (AvgIpc) is 2.88. The molecular weight excluding hydrogens is 466 g/mol. The zero-order valence-corrected chi connectivity index (χ0v) is 18.7. The smallest absolute Gasteiger partial charge is 0.360 e. The lowest BCUT2D eigenvalue weighted by molar-refractivity contribution is -0.191. The molecule has 0 aliphatic carbocycles. The Bertz CT molecular complexity index is 736. The van der Waals surface area contributed by atoms with Gasteiger partial charge in [-0.3, -0.25) is 0 Å². The van der Waals surface area contributed by atoms with Crippen molar-refractivity contribution in [2.75, 3.05) is 6.61 Å². The lowest BCUT2D eigenvalue weighted by Gasteiger charge is -2.15. The van der Waals surface area contributed by atoms with E-state index in [1.165, 1.54) is 12.1 Å². The summed E-state index contributed by atoms with van der Waals surface area (Å²) in [4.78, 5) is 16.2. The van der Waals surface area contributed by atoms with Crippen LogP contribution in [0.15, 0.2) is 24.3 Å². The molecule has 0 aliphatic heterocycles. The second-order valence-electron chi connectivity index (χ2n) is 6.90. The normalized spacial score (nSPS) is 10.8. The van der Waals surface area contributed by atoms with Crippen LogP contribution in [-0.2, 0) is 27.5 Å². The molecule has 0 unspecified atom stereocenters. The van der Waals surface area contributed by atoms with E-state index in [0.29, 0.717) is 6.73 Å². The summed E-state index contributed by atoms with van der Waals surface area (Å²) in [5, 5.41) is 4.69. The second kappa shape index (κ2) is 10.7. The molecule has 0 radical (unpaired) electrons. The van der Waals surface area contributed by atoms with Crippen LogP contribution in [0.2, 0.25) is 25.7 Å². The van der Waals surface area contributed by atoms with E-state index in [1.807, 2.05) is 4.68 Å². The third-order valence-electron chi connectivity index (χ3n) is 3.66. The van der Waals surface area contributed by atoms with Gasteiger partial charge in [0.15, 0.2) is 0 Å². The molecule has 0 saturated carbocycles. The summed E-state index contributed by atoms with van der Waals surface area (Å²) >= 11 is 2.32. The standard InChI is InChI=1S/C17H24FIN2OSi.CO2/c1-5-15-16(19)17(13-6-8-14(18)9-7-13)20-21(15)12-22-10-11-23(2,3)4;2-1-3/h6-9H,5,10-12H2,1-4H3;. The molecule has 0 fully saturated rings. The van der Waals surface area contributed by atoms with Crippen molar-refractivity contribution in [2.45, 2.75) is 45.8 Å². The molecule has 0 saturated heterocycles. The number of ether oxygens (including phenoxy) is 1. The predicted molar refractivity (Wildman–Crippen MR) is 109 cm³/mol. The highest BCUT2D eigenvalue weighted by molar-refractivity contribution is 14.1. The van der Waals surface area contributed by atoms with Crippen molar-refractivity contribution in [1.82, 2.24) is 9.78 Å². The lowest BCUT2D eigenvalue weighted by Crippen LogP contribution is -2.22. The van der Waals surface area contributed by atoms with Crippen molar-refractivity contribution >= 4 is 36.8 Å². The number of carbonyl (C=O) groups excluding carboxylic acids is 2. The number of halogens is 2. The number of aromatic nitrogens is 2. The number of nitrogens with zero attached hydrogens (tertiary/aromatic N) is 2. The van der Waals surface area contributed by atoms with Gasteiger partial charge in [-0.2, -0.15) is 14.7 Å². The highest BCUT2D eigenvalue weighted by atomic mass is 127. The quantitative estimate of drug-likeness (QED) is 0.324. The average molecular weight is 490 g/mol. The van der Waals surface area contributed by atoms with Crippen LogP contribution in [0.1, 0.15) is 12.6 Å². The fourth-order valence-corrected chi connectivity index (χ4v) is 4.08. The Morgan fingerprint density at radius 2 is 1.81 bits per heavy atom. The van der Waals surface area contributed by atoms with Gasteiger partial charge in [-0.25, -0.2) is 9.07 Å². The Kier molecular flexibility index (Phi) is 9.35. The summed E-state index contributed by atoms with van der Waals surface area (Å²) in [6, 6.07) is 7.64. The van der Waals surface area contributed by atoms with Crippen LogP contribution in [0.25, 0.3) is 11.3 Å². The van der Waals surface area contributed by atoms with Crippen molar-refractivity contribution in [3.05, 3.63) is 39.3 Å². The van der Waals surface area contributed by atoms with Gasteiger partial charge < -0.3 is 4.74 Å². The minimum atomic E-state index is -1.07. The van der Waals surface area contributed by atoms with Gasteiger partial charge in [0.05, 0.1) is 9.26 Å². The molecule has 0 atom stereocenters.